The van der Waals surface area contributed by atoms with E-state index in [-0.39, 0.29) is 5.92 Å². The van der Waals surface area contributed by atoms with Crippen molar-refractivity contribution < 1.29 is 19.4 Å². The summed E-state index contributed by atoms with van der Waals surface area (Å²) in [5.41, 5.74) is 0. The van der Waals surface area contributed by atoms with Gasteiger partial charge in [-0.05, 0) is 6.42 Å². The monoisotopic (exact) mass is 236 g/mol. The van der Waals surface area contributed by atoms with Gasteiger partial charge in [0.25, 0.3) is 0 Å². The van der Waals surface area contributed by atoms with E-state index in [9.17, 15) is 4.79 Å². The van der Waals surface area contributed by atoms with E-state index in [2.05, 4.69) is 0 Å². The first-order valence-electron chi connectivity index (χ1n) is 5.05. The Morgan fingerprint density at radius 1 is 1.40 bits per heavy atom. The Morgan fingerprint density at radius 3 is 2.73 bits per heavy atom. The summed E-state index contributed by atoms with van der Waals surface area (Å²) in [6.07, 6.45) is 0.909. The Kier molecular flexibility index (Phi) is 10.1. The topological polar surface area (TPSA) is 55.8 Å². The molecule has 1 atom stereocenters. The molecule has 0 aliphatic carbocycles. The van der Waals surface area contributed by atoms with Gasteiger partial charge in [-0.2, -0.15) is 11.8 Å². The van der Waals surface area contributed by atoms with Crippen LogP contribution in [0.5, 0.6) is 0 Å². The van der Waals surface area contributed by atoms with Crippen LogP contribution in [0.3, 0.4) is 0 Å². The first-order valence-corrected chi connectivity index (χ1v) is 6.21. The maximum Gasteiger partial charge on any atom is 0.307 e. The maximum absolute atomic E-state index is 10.5. The molecule has 0 aromatic carbocycles. The van der Waals surface area contributed by atoms with Crippen LogP contribution in [-0.2, 0) is 14.3 Å². The molecule has 1 N–H and O–H groups in total. The Labute approximate surface area is 95.3 Å². The summed E-state index contributed by atoms with van der Waals surface area (Å²) < 4.78 is 10.2. The van der Waals surface area contributed by atoms with E-state index in [1.165, 1.54) is 0 Å². The first-order chi connectivity index (χ1) is 7.18. The number of carbonyl (C=O) groups is 1. The van der Waals surface area contributed by atoms with Gasteiger partial charge in [0.1, 0.15) is 0 Å². The van der Waals surface area contributed by atoms with Crippen molar-refractivity contribution in [1.29, 1.82) is 0 Å². The Hall–Kier alpha value is -0.260. The molecule has 0 aromatic heterocycles. The van der Waals surface area contributed by atoms with E-state index >= 15 is 0 Å². The van der Waals surface area contributed by atoms with Gasteiger partial charge in [0.05, 0.1) is 12.5 Å². The van der Waals surface area contributed by atoms with Crippen molar-refractivity contribution in [2.75, 3.05) is 38.4 Å². The van der Waals surface area contributed by atoms with E-state index in [0.717, 1.165) is 18.8 Å². The van der Waals surface area contributed by atoms with Crippen molar-refractivity contribution in [3.05, 3.63) is 0 Å². The fourth-order valence-electron chi connectivity index (χ4n) is 0.857. The molecule has 0 aliphatic heterocycles. The molecule has 0 aliphatic rings. The highest BCUT2D eigenvalue weighted by Gasteiger charge is 2.09. The number of ether oxygens (including phenoxy) is 2. The fourth-order valence-corrected chi connectivity index (χ4v) is 1.76. The molecule has 90 valence electrons. The van der Waals surface area contributed by atoms with Crippen molar-refractivity contribution in [3.63, 3.8) is 0 Å². The first kappa shape index (κ1) is 14.7. The van der Waals surface area contributed by atoms with Gasteiger partial charge in [-0.1, -0.05) is 6.92 Å². The van der Waals surface area contributed by atoms with Crippen LogP contribution in [0.4, 0.5) is 0 Å². The molecule has 0 radical (unpaired) electrons. The summed E-state index contributed by atoms with van der Waals surface area (Å²) in [5.74, 6) is 0.494. The predicted molar refractivity (Wildman–Crippen MR) is 61.4 cm³/mol. The molecule has 4 nitrogen and oxygen atoms in total. The molecule has 1 unspecified atom stereocenters. The summed E-state index contributed by atoms with van der Waals surface area (Å²) in [7, 11) is 1.67. The van der Waals surface area contributed by atoms with Gasteiger partial charge in [-0.25, -0.2) is 0 Å². The molecule has 0 amide bonds. The standard InChI is InChI=1S/C10H20O4S/c1-9(10(11)12)8-15-7-6-14-5-3-4-13-2/h9H,3-8H2,1-2H3,(H,11,12). The molecule has 0 saturated carbocycles. The van der Waals surface area contributed by atoms with Crippen molar-refractivity contribution in [1.82, 2.24) is 0 Å². The third-order valence-electron chi connectivity index (χ3n) is 1.80. The van der Waals surface area contributed by atoms with Crippen LogP contribution < -0.4 is 0 Å². The van der Waals surface area contributed by atoms with Crippen LogP contribution in [0.25, 0.3) is 0 Å². The molecule has 0 fully saturated rings. The number of aliphatic carboxylic acids is 1. The number of carboxylic acid groups (broad SMARTS) is 1. The van der Waals surface area contributed by atoms with Crippen LogP contribution in [0.15, 0.2) is 0 Å². The van der Waals surface area contributed by atoms with Crippen LogP contribution in [0.2, 0.25) is 0 Å². The van der Waals surface area contributed by atoms with E-state index < -0.39 is 5.97 Å². The van der Waals surface area contributed by atoms with E-state index in [0.29, 0.717) is 19.0 Å². The normalized spacial score (nSPS) is 12.7. The number of hydrogen-bond donors (Lipinski definition) is 1. The highest BCUT2D eigenvalue weighted by Crippen LogP contribution is 2.07. The van der Waals surface area contributed by atoms with Gasteiger partial charge in [0, 0.05) is 31.8 Å². The van der Waals surface area contributed by atoms with E-state index in [4.69, 9.17) is 14.6 Å². The Bertz CT molecular complexity index is 164. The SMILES string of the molecule is COCCCOCCSCC(C)C(=O)O. The van der Waals surface area contributed by atoms with Crippen molar-refractivity contribution in [3.8, 4) is 0 Å². The van der Waals surface area contributed by atoms with Crippen LogP contribution in [0, 0.1) is 5.92 Å². The van der Waals surface area contributed by atoms with Gasteiger partial charge in [0.2, 0.25) is 0 Å². The van der Waals surface area contributed by atoms with Gasteiger partial charge >= 0.3 is 5.97 Å². The number of carboxylic acids is 1. The minimum absolute atomic E-state index is 0.275. The zero-order valence-electron chi connectivity index (χ0n) is 9.40. The largest absolute Gasteiger partial charge is 0.481 e. The van der Waals surface area contributed by atoms with Crippen molar-refractivity contribution in [2.45, 2.75) is 13.3 Å². The quantitative estimate of drug-likeness (QED) is 0.582. The molecule has 0 rings (SSSR count). The maximum atomic E-state index is 10.5. The summed E-state index contributed by atoms with van der Waals surface area (Å²) in [5, 5.41) is 8.62. The summed E-state index contributed by atoms with van der Waals surface area (Å²) in [6.45, 7) is 3.83. The second-order valence-electron chi connectivity index (χ2n) is 3.27. The molecule has 0 heterocycles. The second-order valence-corrected chi connectivity index (χ2v) is 4.42. The van der Waals surface area contributed by atoms with Gasteiger partial charge < -0.3 is 14.6 Å². The number of rotatable bonds is 10. The van der Waals surface area contributed by atoms with Gasteiger partial charge in [0.15, 0.2) is 0 Å². The minimum atomic E-state index is -0.733. The molecule has 0 saturated heterocycles. The molecule has 5 heteroatoms. The summed E-state index contributed by atoms with van der Waals surface area (Å²) in [6, 6.07) is 0. The van der Waals surface area contributed by atoms with Crippen LogP contribution in [0.1, 0.15) is 13.3 Å². The fraction of sp³-hybridized carbons (Fsp3) is 0.900. The number of hydrogen-bond acceptors (Lipinski definition) is 4. The number of thioether (sulfide) groups is 1. The molecular weight excluding hydrogens is 216 g/mol. The third-order valence-corrected chi connectivity index (χ3v) is 2.99. The van der Waals surface area contributed by atoms with Gasteiger partial charge in [-0.3, -0.25) is 4.79 Å². The van der Waals surface area contributed by atoms with Crippen LogP contribution >= 0.6 is 11.8 Å². The lowest BCUT2D eigenvalue weighted by atomic mass is 10.2. The van der Waals surface area contributed by atoms with Gasteiger partial charge in [-0.15, -0.1) is 0 Å². The lowest BCUT2D eigenvalue weighted by Crippen LogP contribution is -2.12. The molecule has 0 aromatic rings. The molecule has 15 heavy (non-hydrogen) atoms. The molecule has 0 spiro atoms. The van der Waals surface area contributed by atoms with E-state index in [1.54, 1.807) is 25.8 Å². The van der Waals surface area contributed by atoms with Crippen LogP contribution in [-0.4, -0.2) is 49.5 Å². The smallest absolute Gasteiger partial charge is 0.307 e. The Morgan fingerprint density at radius 2 is 2.13 bits per heavy atom. The van der Waals surface area contributed by atoms with Crippen molar-refractivity contribution >= 4 is 17.7 Å². The minimum Gasteiger partial charge on any atom is -0.481 e. The highest BCUT2D eigenvalue weighted by molar-refractivity contribution is 7.99. The van der Waals surface area contributed by atoms with E-state index in [1.807, 2.05) is 0 Å². The average Bonchev–Trinajstić information content (AvgIpc) is 2.21. The summed E-state index contributed by atoms with van der Waals surface area (Å²) in [4.78, 5) is 10.5. The Balaban J connectivity index is 3.08. The average molecular weight is 236 g/mol. The van der Waals surface area contributed by atoms with Crippen molar-refractivity contribution in [2.24, 2.45) is 5.92 Å². The zero-order chi connectivity index (χ0) is 11.5. The lowest BCUT2D eigenvalue weighted by molar-refractivity contribution is -0.140. The predicted octanol–water partition coefficient (Wildman–Crippen LogP) is 1.49. The zero-order valence-corrected chi connectivity index (χ0v) is 10.2. The number of methoxy groups -OCH3 is 1. The lowest BCUT2D eigenvalue weighted by Gasteiger charge is -2.06. The third kappa shape index (κ3) is 10.0. The summed E-state index contributed by atoms with van der Waals surface area (Å²) >= 11 is 1.62. The molecular formula is C10H20O4S. The highest BCUT2D eigenvalue weighted by atomic mass is 32.2. The molecule has 0 bridgehead atoms. The second kappa shape index (κ2) is 10.3.